The maximum atomic E-state index is 10.7. The lowest BCUT2D eigenvalue weighted by Crippen LogP contribution is -2.40. The second kappa shape index (κ2) is 5.83. The standard InChI is InChI=1S/C12H18N4O3/c13-12-10(16(18)19)4-5-11(14-12)15-7-2-1-3-9(15)6-8-17/h4-5,9,17H,1-3,6-8H2,(H2,13,14). The van der Waals surface area contributed by atoms with Gasteiger partial charge in [0.1, 0.15) is 5.82 Å². The molecule has 104 valence electrons. The summed E-state index contributed by atoms with van der Waals surface area (Å²) in [6.45, 7) is 0.971. The van der Waals surface area contributed by atoms with Crippen LogP contribution in [-0.2, 0) is 0 Å². The van der Waals surface area contributed by atoms with E-state index in [1.165, 1.54) is 6.07 Å². The highest BCUT2D eigenvalue weighted by Crippen LogP contribution is 2.28. The fourth-order valence-corrected chi connectivity index (χ4v) is 2.52. The molecule has 0 bridgehead atoms. The van der Waals surface area contributed by atoms with Crippen LogP contribution in [0, 0.1) is 10.1 Å². The van der Waals surface area contributed by atoms with Gasteiger partial charge in [-0.05, 0) is 31.7 Å². The van der Waals surface area contributed by atoms with Crippen molar-refractivity contribution in [2.45, 2.75) is 31.7 Å². The van der Waals surface area contributed by atoms with Crippen molar-refractivity contribution in [3.05, 3.63) is 22.2 Å². The Kier molecular flexibility index (Phi) is 4.16. The van der Waals surface area contributed by atoms with Gasteiger partial charge in [0.05, 0.1) is 4.92 Å². The molecule has 1 atom stereocenters. The molecule has 0 amide bonds. The van der Waals surface area contributed by atoms with Gasteiger partial charge in [-0.3, -0.25) is 10.1 Å². The van der Waals surface area contributed by atoms with Gasteiger partial charge in [-0.1, -0.05) is 0 Å². The highest BCUT2D eigenvalue weighted by molar-refractivity contribution is 5.58. The van der Waals surface area contributed by atoms with Gasteiger partial charge in [0.2, 0.25) is 5.82 Å². The summed E-state index contributed by atoms with van der Waals surface area (Å²) in [5.41, 5.74) is 5.45. The van der Waals surface area contributed by atoms with Crippen LogP contribution in [0.2, 0.25) is 0 Å². The van der Waals surface area contributed by atoms with E-state index in [4.69, 9.17) is 10.8 Å². The van der Waals surface area contributed by atoms with Crippen LogP contribution in [0.4, 0.5) is 17.3 Å². The van der Waals surface area contributed by atoms with E-state index in [-0.39, 0.29) is 24.2 Å². The van der Waals surface area contributed by atoms with Gasteiger partial charge in [-0.25, -0.2) is 4.98 Å². The van der Waals surface area contributed by atoms with Crippen LogP contribution in [0.3, 0.4) is 0 Å². The molecule has 1 saturated heterocycles. The van der Waals surface area contributed by atoms with E-state index in [1.54, 1.807) is 6.07 Å². The van der Waals surface area contributed by atoms with Crippen molar-refractivity contribution < 1.29 is 10.0 Å². The maximum absolute atomic E-state index is 10.7. The summed E-state index contributed by atoms with van der Waals surface area (Å²) >= 11 is 0. The van der Waals surface area contributed by atoms with E-state index in [0.29, 0.717) is 12.2 Å². The molecule has 1 unspecified atom stereocenters. The minimum Gasteiger partial charge on any atom is -0.396 e. The molecule has 7 heteroatoms. The Hall–Kier alpha value is -1.89. The Morgan fingerprint density at radius 1 is 1.53 bits per heavy atom. The molecule has 3 N–H and O–H groups in total. The molecule has 0 saturated carbocycles. The van der Waals surface area contributed by atoms with Crippen LogP contribution in [-0.4, -0.2) is 34.2 Å². The number of anilines is 2. The summed E-state index contributed by atoms with van der Waals surface area (Å²) in [5.74, 6) is 0.595. The van der Waals surface area contributed by atoms with Gasteiger partial charge in [-0.2, -0.15) is 0 Å². The number of aliphatic hydroxyl groups excluding tert-OH is 1. The lowest BCUT2D eigenvalue weighted by molar-refractivity contribution is -0.384. The van der Waals surface area contributed by atoms with Gasteiger partial charge in [0.25, 0.3) is 0 Å². The van der Waals surface area contributed by atoms with E-state index in [0.717, 1.165) is 25.8 Å². The number of nitrogens with two attached hydrogens (primary N) is 1. The molecule has 7 nitrogen and oxygen atoms in total. The fourth-order valence-electron chi connectivity index (χ4n) is 2.52. The Morgan fingerprint density at radius 3 is 2.95 bits per heavy atom. The molecule has 2 rings (SSSR count). The third-order valence-electron chi connectivity index (χ3n) is 3.47. The number of pyridine rings is 1. The summed E-state index contributed by atoms with van der Waals surface area (Å²) < 4.78 is 0. The summed E-state index contributed by atoms with van der Waals surface area (Å²) in [6, 6.07) is 3.25. The molecule has 0 radical (unpaired) electrons. The van der Waals surface area contributed by atoms with Crippen molar-refractivity contribution in [3.63, 3.8) is 0 Å². The molecule has 0 aromatic carbocycles. The van der Waals surface area contributed by atoms with Crippen LogP contribution < -0.4 is 10.6 Å². The van der Waals surface area contributed by atoms with E-state index in [2.05, 4.69) is 9.88 Å². The largest absolute Gasteiger partial charge is 0.396 e. The van der Waals surface area contributed by atoms with Crippen LogP contribution >= 0.6 is 0 Å². The van der Waals surface area contributed by atoms with Crippen LogP contribution in [0.1, 0.15) is 25.7 Å². The third-order valence-corrected chi connectivity index (χ3v) is 3.47. The van der Waals surface area contributed by atoms with Crippen LogP contribution in [0.5, 0.6) is 0 Å². The van der Waals surface area contributed by atoms with Crippen molar-refractivity contribution >= 4 is 17.3 Å². The minimum atomic E-state index is -0.534. The van der Waals surface area contributed by atoms with Crippen molar-refractivity contribution in [3.8, 4) is 0 Å². The summed E-state index contributed by atoms with van der Waals surface area (Å²) in [6.07, 6.45) is 3.86. The molecule has 0 spiro atoms. The van der Waals surface area contributed by atoms with E-state index in [1.807, 2.05) is 0 Å². The Labute approximate surface area is 111 Å². The Balaban J connectivity index is 2.24. The number of piperidine rings is 1. The number of rotatable bonds is 4. The first-order valence-electron chi connectivity index (χ1n) is 6.42. The van der Waals surface area contributed by atoms with Crippen molar-refractivity contribution in [2.75, 3.05) is 23.8 Å². The van der Waals surface area contributed by atoms with E-state index >= 15 is 0 Å². The van der Waals surface area contributed by atoms with Crippen molar-refractivity contribution in [1.82, 2.24) is 4.98 Å². The second-order valence-electron chi connectivity index (χ2n) is 4.69. The first-order valence-corrected chi connectivity index (χ1v) is 6.42. The normalized spacial score (nSPS) is 19.4. The first-order chi connectivity index (χ1) is 9.13. The molecular formula is C12H18N4O3. The molecule has 1 aliphatic rings. The van der Waals surface area contributed by atoms with Gasteiger partial charge in [0, 0.05) is 25.3 Å². The fraction of sp³-hybridized carbons (Fsp3) is 0.583. The first kappa shape index (κ1) is 13.5. The zero-order chi connectivity index (χ0) is 13.8. The minimum absolute atomic E-state index is 0.0594. The maximum Gasteiger partial charge on any atom is 0.311 e. The zero-order valence-electron chi connectivity index (χ0n) is 10.7. The van der Waals surface area contributed by atoms with E-state index < -0.39 is 4.92 Å². The van der Waals surface area contributed by atoms with Crippen LogP contribution in [0.25, 0.3) is 0 Å². The van der Waals surface area contributed by atoms with Gasteiger partial charge in [-0.15, -0.1) is 0 Å². The number of nitro groups is 1. The van der Waals surface area contributed by atoms with Gasteiger partial charge < -0.3 is 15.7 Å². The Morgan fingerprint density at radius 2 is 2.32 bits per heavy atom. The quantitative estimate of drug-likeness (QED) is 0.628. The second-order valence-corrected chi connectivity index (χ2v) is 4.69. The molecular weight excluding hydrogens is 248 g/mol. The lowest BCUT2D eigenvalue weighted by atomic mass is 9.99. The predicted molar refractivity (Wildman–Crippen MR) is 72.0 cm³/mol. The number of aliphatic hydroxyl groups is 1. The molecule has 1 aromatic rings. The SMILES string of the molecule is Nc1nc(N2CCCCC2CCO)ccc1[N+](=O)[O-]. The van der Waals surface area contributed by atoms with Crippen LogP contribution in [0.15, 0.2) is 12.1 Å². The molecule has 1 fully saturated rings. The van der Waals surface area contributed by atoms with Crippen molar-refractivity contribution in [2.24, 2.45) is 0 Å². The lowest BCUT2D eigenvalue weighted by Gasteiger charge is -2.36. The topological polar surface area (TPSA) is 106 Å². The molecule has 0 aliphatic carbocycles. The highest BCUT2D eigenvalue weighted by Gasteiger charge is 2.24. The number of nitrogens with zero attached hydrogens (tertiary/aromatic N) is 3. The number of aromatic nitrogens is 1. The van der Waals surface area contributed by atoms with Crippen molar-refractivity contribution in [1.29, 1.82) is 0 Å². The summed E-state index contributed by atoms with van der Waals surface area (Å²) in [7, 11) is 0. The number of hydrogen-bond acceptors (Lipinski definition) is 6. The Bertz CT molecular complexity index is 464. The average molecular weight is 266 g/mol. The van der Waals surface area contributed by atoms with E-state index in [9.17, 15) is 10.1 Å². The molecule has 1 aromatic heterocycles. The molecule has 19 heavy (non-hydrogen) atoms. The number of nitrogen functional groups attached to an aromatic ring is 1. The third kappa shape index (κ3) is 2.93. The van der Waals surface area contributed by atoms with Gasteiger partial charge in [0.15, 0.2) is 0 Å². The smallest absolute Gasteiger partial charge is 0.311 e. The zero-order valence-corrected chi connectivity index (χ0v) is 10.7. The molecule has 2 heterocycles. The number of hydrogen-bond donors (Lipinski definition) is 2. The highest BCUT2D eigenvalue weighted by atomic mass is 16.6. The monoisotopic (exact) mass is 266 g/mol. The molecule has 1 aliphatic heterocycles. The summed E-state index contributed by atoms with van der Waals surface area (Å²) in [5, 5.41) is 19.8. The van der Waals surface area contributed by atoms with Gasteiger partial charge >= 0.3 is 5.69 Å². The summed E-state index contributed by atoms with van der Waals surface area (Å²) in [4.78, 5) is 16.4. The predicted octanol–water partition coefficient (Wildman–Crippen LogP) is 1.31. The average Bonchev–Trinajstić information content (AvgIpc) is 2.39.